The molecule has 0 aliphatic carbocycles. The third kappa shape index (κ3) is 3.26. The maximum absolute atomic E-state index is 12.8. The van der Waals surface area contributed by atoms with Gasteiger partial charge in [0.1, 0.15) is 0 Å². The van der Waals surface area contributed by atoms with Gasteiger partial charge in [0.2, 0.25) is 0 Å². The molecule has 5 heteroatoms. The first kappa shape index (κ1) is 13.4. The van der Waals surface area contributed by atoms with Crippen LogP contribution in [-0.4, -0.2) is 0 Å². The fraction of sp³-hybridized carbons (Fsp3) is 0.143. The fourth-order valence-electron chi connectivity index (χ4n) is 1.77. The van der Waals surface area contributed by atoms with Gasteiger partial charge in [0.05, 0.1) is 11.3 Å². The van der Waals surface area contributed by atoms with Crippen LogP contribution in [0.15, 0.2) is 48.5 Å². The van der Waals surface area contributed by atoms with Gasteiger partial charge < -0.3 is 11.1 Å². The zero-order chi connectivity index (χ0) is 13.9. The van der Waals surface area contributed by atoms with Gasteiger partial charge >= 0.3 is 6.18 Å². The molecule has 100 valence electrons. The van der Waals surface area contributed by atoms with E-state index in [1.54, 1.807) is 24.3 Å². The van der Waals surface area contributed by atoms with Crippen molar-refractivity contribution in [3.8, 4) is 0 Å². The number of nitrogens with one attached hydrogen (secondary N) is 1. The van der Waals surface area contributed by atoms with E-state index in [0.29, 0.717) is 12.2 Å². The SMILES string of the molecule is NCc1cccc(Nc2ccccc2C(F)(F)F)c1. The van der Waals surface area contributed by atoms with Crippen molar-refractivity contribution in [1.29, 1.82) is 0 Å². The third-order valence-electron chi connectivity index (χ3n) is 2.67. The fourth-order valence-corrected chi connectivity index (χ4v) is 1.77. The molecule has 0 spiro atoms. The van der Waals surface area contributed by atoms with E-state index in [1.165, 1.54) is 12.1 Å². The molecule has 0 saturated carbocycles. The van der Waals surface area contributed by atoms with Crippen LogP contribution in [0.4, 0.5) is 24.5 Å². The molecule has 19 heavy (non-hydrogen) atoms. The third-order valence-corrected chi connectivity index (χ3v) is 2.67. The minimum Gasteiger partial charge on any atom is -0.355 e. The molecule has 3 N–H and O–H groups in total. The van der Waals surface area contributed by atoms with Crippen LogP contribution in [0.1, 0.15) is 11.1 Å². The molecular formula is C14H13F3N2. The monoisotopic (exact) mass is 266 g/mol. The summed E-state index contributed by atoms with van der Waals surface area (Å²) in [5.74, 6) is 0. The Morgan fingerprint density at radius 1 is 1.00 bits per heavy atom. The minimum atomic E-state index is -4.38. The van der Waals surface area contributed by atoms with E-state index in [9.17, 15) is 13.2 Å². The Kier molecular flexibility index (Phi) is 3.76. The Balaban J connectivity index is 2.33. The first-order valence-corrected chi connectivity index (χ1v) is 5.73. The van der Waals surface area contributed by atoms with Crippen LogP contribution in [-0.2, 0) is 12.7 Å². The Morgan fingerprint density at radius 3 is 2.42 bits per heavy atom. The molecule has 2 nitrogen and oxygen atoms in total. The Hall–Kier alpha value is -2.01. The number of benzene rings is 2. The van der Waals surface area contributed by atoms with E-state index in [0.717, 1.165) is 11.6 Å². The van der Waals surface area contributed by atoms with Crippen LogP contribution in [0, 0.1) is 0 Å². The lowest BCUT2D eigenvalue weighted by molar-refractivity contribution is -0.136. The van der Waals surface area contributed by atoms with Gasteiger partial charge in [0.25, 0.3) is 0 Å². The molecule has 0 amide bonds. The molecule has 0 atom stereocenters. The number of rotatable bonds is 3. The van der Waals surface area contributed by atoms with Crippen LogP contribution in [0.5, 0.6) is 0 Å². The van der Waals surface area contributed by atoms with Crippen molar-refractivity contribution >= 4 is 11.4 Å². The molecule has 2 rings (SSSR count). The predicted octanol–water partition coefficient (Wildman–Crippen LogP) is 3.91. The summed E-state index contributed by atoms with van der Waals surface area (Å²) in [6, 6.07) is 12.4. The second-order valence-corrected chi connectivity index (χ2v) is 4.07. The van der Waals surface area contributed by atoms with Gasteiger partial charge in [-0.05, 0) is 29.8 Å². The maximum atomic E-state index is 12.8. The lowest BCUT2D eigenvalue weighted by Gasteiger charge is -2.14. The number of para-hydroxylation sites is 1. The maximum Gasteiger partial charge on any atom is 0.418 e. The topological polar surface area (TPSA) is 38.0 Å². The quantitative estimate of drug-likeness (QED) is 0.884. The van der Waals surface area contributed by atoms with Crippen molar-refractivity contribution in [3.63, 3.8) is 0 Å². The average Bonchev–Trinajstić information content (AvgIpc) is 2.38. The normalized spacial score (nSPS) is 11.4. The van der Waals surface area contributed by atoms with Crippen molar-refractivity contribution in [3.05, 3.63) is 59.7 Å². The van der Waals surface area contributed by atoms with Crippen LogP contribution in [0.3, 0.4) is 0 Å². The highest BCUT2D eigenvalue weighted by Crippen LogP contribution is 2.35. The zero-order valence-corrected chi connectivity index (χ0v) is 10.0. The standard InChI is InChI=1S/C14H13F3N2/c15-14(16,17)12-6-1-2-7-13(12)19-11-5-3-4-10(8-11)9-18/h1-8,19H,9,18H2. The molecule has 0 unspecified atom stereocenters. The van der Waals surface area contributed by atoms with E-state index in [2.05, 4.69) is 5.32 Å². The number of anilines is 2. The van der Waals surface area contributed by atoms with Crippen LogP contribution >= 0.6 is 0 Å². The highest BCUT2D eigenvalue weighted by molar-refractivity contribution is 5.64. The number of halogens is 3. The number of nitrogens with two attached hydrogens (primary N) is 1. The van der Waals surface area contributed by atoms with E-state index >= 15 is 0 Å². The van der Waals surface area contributed by atoms with Gasteiger partial charge in [-0.25, -0.2) is 0 Å². The summed E-state index contributed by atoms with van der Waals surface area (Å²) in [6.07, 6.45) is -4.38. The molecule has 0 heterocycles. The summed E-state index contributed by atoms with van der Waals surface area (Å²) in [5.41, 5.74) is 6.29. The molecule has 2 aromatic rings. The van der Waals surface area contributed by atoms with Gasteiger partial charge in [-0.2, -0.15) is 13.2 Å². The second kappa shape index (κ2) is 5.32. The van der Waals surface area contributed by atoms with Crippen LogP contribution in [0.2, 0.25) is 0 Å². The summed E-state index contributed by atoms with van der Waals surface area (Å²) in [7, 11) is 0. The first-order valence-electron chi connectivity index (χ1n) is 5.73. The summed E-state index contributed by atoms with van der Waals surface area (Å²) in [5, 5.41) is 2.78. The van der Waals surface area contributed by atoms with Gasteiger partial charge in [0, 0.05) is 12.2 Å². The van der Waals surface area contributed by atoms with Crippen molar-refractivity contribution in [2.24, 2.45) is 5.73 Å². The van der Waals surface area contributed by atoms with E-state index in [4.69, 9.17) is 5.73 Å². The second-order valence-electron chi connectivity index (χ2n) is 4.07. The molecule has 0 aliphatic rings. The smallest absolute Gasteiger partial charge is 0.355 e. The van der Waals surface area contributed by atoms with Gasteiger partial charge in [0.15, 0.2) is 0 Å². The number of alkyl halides is 3. The van der Waals surface area contributed by atoms with Crippen molar-refractivity contribution in [1.82, 2.24) is 0 Å². The summed E-state index contributed by atoms with van der Waals surface area (Å²) >= 11 is 0. The van der Waals surface area contributed by atoms with Crippen LogP contribution < -0.4 is 11.1 Å². The Labute approximate surface area is 109 Å². The lowest BCUT2D eigenvalue weighted by atomic mass is 10.1. The zero-order valence-electron chi connectivity index (χ0n) is 10.0. The highest BCUT2D eigenvalue weighted by Gasteiger charge is 2.33. The largest absolute Gasteiger partial charge is 0.418 e. The molecule has 0 aromatic heterocycles. The van der Waals surface area contributed by atoms with Crippen molar-refractivity contribution in [2.75, 3.05) is 5.32 Å². The lowest BCUT2D eigenvalue weighted by Crippen LogP contribution is -2.08. The number of hydrogen-bond acceptors (Lipinski definition) is 2. The van der Waals surface area contributed by atoms with Crippen molar-refractivity contribution < 1.29 is 13.2 Å². The van der Waals surface area contributed by atoms with E-state index in [1.807, 2.05) is 6.07 Å². The molecular weight excluding hydrogens is 253 g/mol. The van der Waals surface area contributed by atoms with Gasteiger partial charge in [-0.1, -0.05) is 24.3 Å². The summed E-state index contributed by atoms with van der Waals surface area (Å²) in [6.45, 7) is 0.344. The van der Waals surface area contributed by atoms with Gasteiger partial charge in [-0.3, -0.25) is 0 Å². The molecule has 0 aliphatic heterocycles. The van der Waals surface area contributed by atoms with Gasteiger partial charge in [-0.15, -0.1) is 0 Å². The van der Waals surface area contributed by atoms with E-state index in [-0.39, 0.29) is 5.69 Å². The first-order chi connectivity index (χ1) is 9.00. The van der Waals surface area contributed by atoms with Crippen molar-refractivity contribution in [2.45, 2.75) is 12.7 Å². The summed E-state index contributed by atoms with van der Waals surface area (Å²) in [4.78, 5) is 0. The predicted molar refractivity (Wildman–Crippen MR) is 69.1 cm³/mol. The molecule has 2 aromatic carbocycles. The molecule has 0 bridgehead atoms. The molecule has 0 radical (unpaired) electrons. The summed E-state index contributed by atoms with van der Waals surface area (Å²) < 4.78 is 38.5. The number of hydrogen-bond donors (Lipinski definition) is 2. The molecule has 0 saturated heterocycles. The Morgan fingerprint density at radius 2 is 1.74 bits per heavy atom. The highest BCUT2D eigenvalue weighted by atomic mass is 19.4. The van der Waals surface area contributed by atoms with E-state index < -0.39 is 11.7 Å². The minimum absolute atomic E-state index is 0.0316. The molecule has 0 fully saturated rings. The Bertz CT molecular complexity index is 565. The van der Waals surface area contributed by atoms with Crippen LogP contribution in [0.25, 0.3) is 0 Å². The average molecular weight is 266 g/mol.